The van der Waals surface area contributed by atoms with E-state index in [4.69, 9.17) is 17.2 Å². The van der Waals surface area contributed by atoms with E-state index in [1.807, 2.05) is 24.3 Å². The van der Waals surface area contributed by atoms with Crippen molar-refractivity contribution in [3.8, 4) is 0 Å². The molecule has 3 N–H and O–H groups in total. The van der Waals surface area contributed by atoms with Gasteiger partial charge in [0.25, 0.3) is 0 Å². The van der Waals surface area contributed by atoms with Crippen LogP contribution in [0.2, 0.25) is 0 Å². The first-order valence-corrected chi connectivity index (χ1v) is 6.30. The number of halogens is 1. The van der Waals surface area contributed by atoms with E-state index in [-0.39, 0.29) is 26.2 Å². The molecule has 0 bridgehead atoms. The Kier molecular flexibility index (Phi) is 50.1. The molecule has 1 aromatic rings. The molecule has 6 heteroatoms. The van der Waals surface area contributed by atoms with Crippen LogP contribution in [0.25, 0.3) is 17.2 Å². The second kappa shape index (κ2) is 29.2. The van der Waals surface area contributed by atoms with Crippen LogP contribution in [-0.4, -0.2) is 37.0 Å². The Morgan fingerprint density at radius 3 is 1.36 bits per heavy atom. The van der Waals surface area contributed by atoms with Crippen LogP contribution in [0.15, 0.2) is 24.3 Å². The summed E-state index contributed by atoms with van der Waals surface area (Å²) in [5.74, 6) is 0. The van der Waals surface area contributed by atoms with Gasteiger partial charge in [0.2, 0.25) is 0 Å². The summed E-state index contributed by atoms with van der Waals surface area (Å²) in [6, 6.07) is 7.44. The van der Waals surface area contributed by atoms with Crippen molar-refractivity contribution in [2.75, 3.05) is 21.1 Å². The average molecular weight is 339 g/mol. The summed E-state index contributed by atoms with van der Waals surface area (Å²) < 4.78 is 12.7. The molecule has 3 nitrogen and oxygen atoms in total. The Morgan fingerprint density at radius 2 is 1.21 bits per heavy atom. The first-order valence-electron chi connectivity index (χ1n) is 3.70. The Bertz CT molecular complexity index is 139. The van der Waals surface area contributed by atoms with Crippen molar-refractivity contribution in [1.29, 1.82) is 0 Å². The van der Waals surface area contributed by atoms with E-state index >= 15 is 0 Å². The van der Waals surface area contributed by atoms with Crippen LogP contribution in [0.3, 0.4) is 0 Å². The molecule has 0 aromatic heterocycles. The first kappa shape index (κ1) is 24.0. The molecule has 0 heterocycles. The molecule has 0 unspecified atom stereocenters. The van der Waals surface area contributed by atoms with Crippen molar-refractivity contribution in [2.24, 2.45) is 0 Å². The third-order valence-corrected chi connectivity index (χ3v) is 2.52. The van der Waals surface area contributed by atoms with Crippen molar-refractivity contribution in [3.05, 3.63) is 41.5 Å². The quantitative estimate of drug-likeness (QED) is 0.555. The minimum atomic E-state index is -1.73. The van der Waals surface area contributed by atoms with Gasteiger partial charge >= 0.3 is 74.3 Å². The maximum absolute atomic E-state index is 11.7. The molecule has 1 aromatic carbocycles. The molecule has 0 aliphatic heterocycles. The minimum absolute atomic E-state index is 0. The largest absolute Gasteiger partial charge is 4.00 e. The summed E-state index contributed by atoms with van der Waals surface area (Å²) >= 11 is -1.73. The minimum Gasteiger partial charge on any atom is 4.00 e. The molecule has 0 radical (unpaired) electrons. The van der Waals surface area contributed by atoms with E-state index in [0.717, 1.165) is 4.40 Å². The fraction of sp³-hybridized carbons (Fsp3) is 0.375. The Labute approximate surface area is 112 Å². The third kappa shape index (κ3) is 18.4. The zero-order valence-corrected chi connectivity index (χ0v) is 14.3. The molecule has 1 rings (SSSR count). The monoisotopic (exact) mass is 339 g/mol. The molecular weight excluding hydrogens is 321 g/mol. The summed E-state index contributed by atoms with van der Waals surface area (Å²) in [5.41, 5.74) is 17.2. The van der Waals surface area contributed by atoms with E-state index in [0.29, 0.717) is 0 Å². The smallest absolute Gasteiger partial charge is 4.00 e. The zero-order chi connectivity index (χ0) is 11.1. The van der Waals surface area contributed by atoms with Crippen molar-refractivity contribution >= 4 is 20.3 Å². The van der Waals surface area contributed by atoms with E-state index in [1.54, 1.807) is 0 Å². The van der Waals surface area contributed by atoms with Crippen LogP contribution in [0.1, 0.15) is 0 Å². The van der Waals surface area contributed by atoms with Crippen molar-refractivity contribution in [2.45, 2.75) is 0 Å². The molecule has 0 fully saturated rings. The Hall–Kier alpha value is 0.586. The SMILES string of the molecule is C[NH-].C[NH-].C[NH-].[F][GeH2][c-]1cccc1.[Zr+4]. The van der Waals surface area contributed by atoms with Gasteiger partial charge in [-0.1, -0.05) is 0 Å². The molecule has 0 atom stereocenters. The average Bonchev–Trinajstić information content (AvgIpc) is 2.79. The topological polar surface area (TPSA) is 71.4 Å². The van der Waals surface area contributed by atoms with Crippen molar-refractivity contribution in [1.82, 2.24) is 0 Å². The van der Waals surface area contributed by atoms with Gasteiger partial charge in [-0.25, -0.2) is 0 Å². The van der Waals surface area contributed by atoms with Gasteiger partial charge in [-0.15, -0.1) is 0 Å². The van der Waals surface area contributed by atoms with Gasteiger partial charge in [0.05, 0.1) is 0 Å². The molecule has 0 aliphatic rings. The molecule has 0 aliphatic carbocycles. The molecular formula is C8H18FGeN3Zr. The summed E-state index contributed by atoms with van der Waals surface area (Å²) in [7, 11) is 3.75. The van der Waals surface area contributed by atoms with Crippen LogP contribution in [-0.2, 0) is 26.2 Å². The van der Waals surface area contributed by atoms with E-state index < -0.39 is 15.9 Å². The zero-order valence-electron chi connectivity index (χ0n) is 8.89. The van der Waals surface area contributed by atoms with Gasteiger partial charge < -0.3 is 17.2 Å². The fourth-order valence-electron chi connectivity index (χ4n) is 0.503. The van der Waals surface area contributed by atoms with Crippen molar-refractivity contribution < 1.29 is 29.7 Å². The van der Waals surface area contributed by atoms with Crippen LogP contribution >= 0.6 is 0 Å². The first-order chi connectivity index (χ1) is 6.43. The summed E-state index contributed by atoms with van der Waals surface area (Å²) in [6.45, 7) is 0. The van der Waals surface area contributed by atoms with Crippen LogP contribution < -0.4 is 4.40 Å². The normalized spacial score (nSPS) is 6.79. The predicted molar refractivity (Wildman–Crippen MR) is 62.1 cm³/mol. The molecule has 80 valence electrons. The molecule has 0 saturated carbocycles. The Balaban J connectivity index is -0.0000000625. The maximum atomic E-state index is 11.7. The van der Waals surface area contributed by atoms with Gasteiger partial charge in [0.1, 0.15) is 0 Å². The molecule has 0 spiro atoms. The molecule has 0 saturated heterocycles. The van der Waals surface area contributed by atoms with Crippen molar-refractivity contribution in [3.63, 3.8) is 0 Å². The predicted octanol–water partition coefficient (Wildman–Crippen LogP) is 2.09. The molecule has 0 amide bonds. The second-order valence-electron chi connectivity index (χ2n) is 1.43. The van der Waals surface area contributed by atoms with Crippen LogP contribution in [0, 0.1) is 0 Å². The fourth-order valence-corrected chi connectivity index (χ4v) is 1.45. The van der Waals surface area contributed by atoms with E-state index in [1.165, 1.54) is 21.1 Å². The summed E-state index contributed by atoms with van der Waals surface area (Å²) in [6.07, 6.45) is 0. The van der Waals surface area contributed by atoms with Crippen LogP contribution in [0.4, 0.5) is 3.50 Å². The maximum Gasteiger partial charge on any atom is 4.00 e. The second-order valence-corrected chi connectivity index (χ2v) is 3.70. The number of nitrogens with one attached hydrogen (secondary N) is 3. The standard InChI is InChI=1S/C5H6FGe.3CH4N.Zr/c6-7-5-3-1-2-4-5;3*1-2;/h1-4H,7H2;3*2H,1H3;/q4*-1;+4. The van der Waals surface area contributed by atoms with Gasteiger partial charge in [-0.2, -0.15) is 21.1 Å². The van der Waals surface area contributed by atoms with E-state index in [2.05, 4.69) is 0 Å². The van der Waals surface area contributed by atoms with E-state index in [9.17, 15) is 3.50 Å². The summed E-state index contributed by atoms with van der Waals surface area (Å²) in [4.78, 5) is 0. The number of hydrogen-bond donors (Lipinski definition) is 0. The number of hydrogen-bond acceptors (Lipinski definition) is 0. The Morgan fingerprint density at radius 1 is 0.929 bits per heavy atom. The molecule has 14 heavy (non-hydrogen) atoms. The summed E-state index contributed by atoms with van der Waals surface area (Å²) in [5, 5.41) is 0. The van der Waals surface area contributed by atoms with Gasteiger partial charge in [-0.05, 0) is 0 Å². The van der Waals surface area contributed by atoms with Gasteiger partial charge in [0.15, 0.2) is 0 Å². The third-order valence-electron chi connectivity index (χ3n) is 0.886. The van der Waals surface area contributed by atoms with Gasteiger partial charge in [-0.3, -0.25) is 0 Å². The van der Waals surface area contributed by atoms with Gasteiger partial charge in [0, 0.05) is 0 Å². The van der Waals surface area contributed by atoms with Crippen LogP contribution in [0.5, 0.6) is 0 Å². The number of rotatable bonds is 1.